The lowest BCUT2D eigenvalue weighted by Gasteiger charge is -2.26. The van der Waals surface area contributed by atoms with E-state index in [1.54, 1.807) is 0 Å². The zero-order chi connectivity index (χ0) is 40.7. The SMILES string of the molecule is CCCCCCCCC/C=C\CCCCCCCC(=O)OC(COC(=O)CCCCCCCCCCCCCCCC)COC(OCC[N+](C)(C)C)C(=O)[O-]. The molecule has 0 aromatic heterocycles. The van der Waals surface area contributed by atoms with Gasteiger partial charge in [-0.3, -0.25) is 9.59 Å². The molecule has 0 fully saturated rings. The zero-order valence-corrected chi connectivity index (χ0v) is 36.6. The molecule has 0 aliphatic heterocycles. The number of esters is 2. The summed E-state index contributed by atoms with van der Waals surface area (Å²) in [6, 6.07) is 0. The molecule has 0 heterocycles. The van der Waals surface area contributed by atoms with E-state index < -0.39 is 24.3 Å². The number of quaternary nitrogens is 1. The topological polar surface area (TPSA) is 111 Å². The van der Waals surface area contributed by atoms with Gasteiger partial charge in [-0.05, 0) is 38.5 Å². The number of nitrogens with zero attached hydrogens (tertiary/aromatic N) is 1. The first kappa shape index (κ1) is 53.0. The summed E-state index contributed by atoms with van der Waals surface area (Å²) in [5, 5.41) is 11.7. The minimum Gasteiger partial charge on any atom is -0.545 e. The van der Waals surface area contributed by atoms with E-state index in [-0.39, 0.29) is 32.2 Å². The summed E-state index contributed by atoms with van der Waals surface area (Å²) >= 11 is 0. The van der Waals surface area contributed by atoms with E-state index >= 15 is 0 Å². The smallest absolute Gasteiger partial charge is 0.306 e. The number of rotatable bonds is 42. The first-order valence-corrected chi connectivity index (χ1v) is 22.8. The third-order valence-electron chi connectivity index (χ3n) is 10.0. The number of carbonyl (C=O) groups is 3. The number of carboxylic acids is 1. The maximum Gasteiger partial charge on any atom is 0.306 e. The lowest BCUT2D eigenvalue weighted by atomic mass is 10.0. The van der Waals surface area contributed by atoms with Crippen LogP contribution in [0.1, 0.15) is 206 Å². The molecule has 0 rings (SSSR count). The standard InChI is InChI=1S/C46H87NO8/c1-6-8-10-12-14-16-18-20-22-23-25-27-29-31-33-35-37-44(49)55-42(41-54-46(45(50)51)52-39-38-47(3,4)5)40-53-43(48)36-34-32-30-28-26-24-21-19-17-15-13-11-9-7-2/h22-23,42,46H,6-21,24-41H2,1-5H3/b23-22-. The van der Waals surface area contributed by atoms with Crippen LogP contribution in [0.3, 0.4) is 0 Å². The summed E-state index contributed by atoms with van der Waals surface area (Å²) in [4.78, 5) is 37.0. The van der Waals surface area contributed by atoms with Gasteiger partial charge in [0.15, 0.2) is 12.4 Å². The van der Waals surface area contributed by atoms with Crippen molar-refractivity contribution in [3.8, 4) is 0 Å². The largest absolute Gasteiger partial charge is 0.545 e. The Hall–Kier alpha value is -1.97. The van der Waals surface area contributed by atoms with Crippen LogP contribution in [0.15, 0.2) is 12.2 Å². The van der Waals surface area contributed by atoms with E-state index in [0.717, 1.165) is 51.4 Å². The molecule has 0 spiro atoms. The van der Waals surface area contributed by atoms with Crippen molar-refractivity contribution in [3.63, 3.8) is 0 Å². The Balaban J connectivity index is 4.43. The molecule has 2 unspecified atom stereocenters. The van der Waals surface area contributed by atoms with Gasteiger partial charge in [0.25, 0.3) is 0 Å². The van der Waals surface area contributed by atoms with Gasteiger partial charge in [0, 0.05) is 12.8 Å². The quantitative estimate of drug-likeness (QED) is 0.0198. The van der Waals surface area contributed by atoms with Crippen molar-refractivity contribution in [2.24, 2.45) is 0 Å². The molecule has 0 amide bonds. The summed E-state index contributed by atoms with van der Waals surface area (Å²) in [5.41, 5.74) is 0. The Morgan fingerprint density at radius 2 is 0.927 bits per heavy atom. The molecular formula is C46H87NO8. The minimum absolute atomic E-state index is 0.149. The molecule has 0 aliphatic rings. The zero-order valence-electron chi connectivity index (χ0n) is 36.6. The van der Waals surface area contributed by atoms with Crippen molar-refractivity contribution in [3.05, 3.63) is 12.2 Å². The van der Waals surface area contributed by atoms with Crippen LogP contribution >= 0.6 is 0 Å². The molecule has 324 valence electrons. The van der Waals surface area contributed by atoms with E-state index in [0.29, 0.717) is 23.9 Å². The molecule has 0 saturated carbocycles. The Bertz CT molecular complexity index is 918. The highest BCUT2D eigenvalue weighted by Gasteiger charge is 2.21. The number of carboxylic acid groups (broad SMARTS) is 1. The maximum absolute atomic E-state index is 12.7. The van der Waals surface area contributed by atoms with Crippen molar-refractivity contribution in [1.29, 1.82) is 0 Å². The third kappa shape index (κ3) is 40.0. The van der Waals surface area contributed by atoms with Crippen LogP contribution in [0.4, 0.5) is 0 Å². The molecule has 2 atom stereocenters. The van der Waals surface area contributed by atoms with Crippen molar-refractivity contribution >= 4 is 17.9 Å². The first-order valence-electron chi connectivity index (χ1n) is 22.8. The van der Waals surface area contributed by atoms with Gasteiger partial charge in [-0.1, -0.05) is 167 Å². The molecule has 0 aromatic carbocycles. The second-order valence-electron chi connectivity index (χ2n) is 16.7. The van der Waals surface area contributed by atoms with Crippen molar-refractivity contribution in [2.45, 2.75) is 219 Å². The molecule has 0 aliphatic carbocycles. The Kier molecular flexibility index (Phi) is 37.5. The van der Waals surface area contributed by atoms with Crippen LogP contribution < -0.4 is 5.11 Å². The average molecular weight is 782 g/mol. The van der Waals surface area contributed by atoms with Gasteiger partial charge in [-0.25, -0.2) is 0 Å². The molecule has 0 radical (unpaired) electrons. The summed E-state index contributed by atoms with van der Waals surface area (Å²) in [6.45, 7) is 4.74. The van der Waals surface area contributed by atoms with Crippen molar-refractivity contribution in [1.82, 2.24) is 0 Å². The molecule has 0 saturated heterocycles. The second kappa shape index (κ2) is 38.9. The summed E-state index contributed by atoms with van der Waals surface area (Å²) in [5.74, 6) is -2.28. The van der Waals surface area contributed by atoms with Crippen LogP contribution in [0.5, 0.6) is 0 Å². The number of ether oxygens (including phenoxy) is 4. The number of aliphatic carboxylic acids is 1. The highest BCUT2D eigenvalue weighted by molar-refractivity contribution is 5.70. The van der Waals surface area contributed by atoms with Gasteiger partial charge in [0.2, 0.25) is 0 Å². The normalized spacial score (nSPS) is 13.0. The number of likely N-dealkylation sites (N-methyl/N-ethyl adjacent to an activating group) is 1. The third-order valence-corrected chi connectivity index (χ3v) is 10.0. The van der Waals surface area contributed by atoms with E-state index in [1.165, 1.54) is 122 Å². The number of unbranched alkanes of at least 4 members (excludes halogenated alkanes) is 25. The number of carbonyl (C=O) groups excluding carboxylic acids is 3. The van der Waals surface area contributed by atoms with Gasteiger partial charge >= 0.3 is 11.9 Å². The van der Waals surface area contributed by atoms with Gasteiger partial charge in [0.1, 0.15) is 13.2 Å². The van der Waals surface area contributed by atoms with E-state index in [4.69, 9.17) is 18.9 Å². The molecule has 0 aromatic rings. The highest BCUT2D eigenvalue weighted by Crippen LogP contribution is 2.15. The fourth-order valence-corrected chi connectivity index (χ4v) is 6.41. The Labute approximate surface area is 338 Å². The molecule has 9 heteroatoms. The van der Waals surface area contributed by atoms with Crippen LogP contribution in [-0.2, 0) is 33.3 Å². The predicted octanol–water partition coefficient (Wildman–Crippen LogP) is 10.6. The van der Waals surface area contributed by atoms with Gasteiger partial charge in [-0.2, -0.15) is 0 Å². The molecule has 0 N–H and O–H groups in total. The van der Waals surface area contributed by atoms with Gasteiger partial charge in [0.05, 0.1) is 40.3 Å². The summed E-state index contributed by atoms with van der Waals surface area (Å²) in [6.07, 6.45) is 36.6. The maximum atomic E-state index is 12.7. The fraction of sp³-hybridized carbons (Fsp3) is 0.891. The van der Waals surface area contributed by atoms with E-state index in [1.807, 2.05) is 21.1 Å². The van der Waals surface area contributed by atoms with Crippen molar-refractivity contribution in [2.75, 3.05) is 47.5 Å². The van der Waals surface area contributed by atoms with Crippen LogP contribution in [0, 0.1) is 0 Å². The summed E-state index contributed by atoms with van der Waals surface area (Å²) in [7, 11) is 5.91. The first-order chi connectivity index (χ1) is 26.6. The Morgan fingerprint density at radius 1 is 0.527 bits per heavy atom. The molecular weight excluding hydrogens is 695 g/mol. The number of hydrogen-bond acceptors (Lipinski definition) is 8. The Morgan fingerprint density at radius 3 is 1.35 bits per heavy atom. The molecule has 9 nitrogen and oxygen atoms in total. The highest BCUT2D eigenvalue weighted by atomic mass is 16.7. The second-order valence-corrected chi connectivity index (χ2v) is 16.7. The van der Waals surface area contributed by atoms with Crippen LogP contribution in [-0.4, -0.2) is 82.3 Å². The lowest BCUT2D eigenvalue weighted by molar-refractivity contribution is -0.870. The van der Waals surface area contributed by atoms with Crippen LogP contribution in [0.2, 0.25) is 0 Å². The van der Waals surface area contributed by atoms with Crippen LogP contribution in [0.25, 0.3) is 0 Å². The number of allylic oxidation sites excluding steroid dienone is 2. The summed E-state index contributed by atoms with van der Waals surface area (Å²) < 4.78 is 22.5. The average Bonchev–Trinajstić information content (AvgIpc) is 3.14. The minimum atomic E-state index is -1.62. The number of hydrogen-bond donors (Lipinski definition) is 0. The molecule has 55 heavy (non-hydrogen) atoms. The predicted molar refractivity (Wildman–Crippen MR) is 223 cm³/mol. The van der Waals surface area contributed by atoms with E-state index in [9.17, 15) is 19.5 Å². The van der Waals surface area contributed by atoms with Gasteiger partial charge in [-0.15, -0.1) is 0 Å². The fourth-order valence-electron chi connectivity index (χ4n) is 6.41. The lowest BCUT2D eigenvalue weighted by Crippen LogP contribution is -2.44. The monoisotopic (exact) mass is 782 g/mol. The van der Waals surface area contributed by atoms with Crippen molar-refractivity contribution < 1.29 is 42.9 Å². The molecule has 0 bridgehead atoms. The van der Waals surface area contributed by atoms with E-state index in [2.05, 4.69) is 26.0 Å². The van der Waals surface area contributed by atoms with Gasteiger partial charge < -0.3 is 33.3 Å².